The molecule has 0 radical (unpaired) electrons. The lowest BCUT2D eigenvalue weighted by Gasteiger charge is -2.06. The van der Waals surface area contributed by atoms with Crippen molar-refractivity contribution in [3.63, 3.8) is 0 Å². The van der Waals surface area contributed by atoms with Crippen LogP contribution in [0, 0.1) is 6.92 Å². The Kier molecular flexibility index (Phi) is 2.08. The van der Waals surface area contributed by atoms with Crippen LogP contribution in [0.15, 0.2) is 4.52 Å². The molecule has 1 aliphatic carbocycles. The fourth-order valence-electron chi connectivity index (χ4n) is 1.42. The third-order valence-corrected chi connectivity index (χ3v) is 3.00. The molecule has 0 aliphatic heterocycles. The molecule has 1 aliphatic rings. The summed E-state index contributed by atoms with van der Waals surface area (Å²) in [5.41, 5.74) is 7.94. The molecule has 0 saturated heterocycles. The highest BCUT2D eigenvalue weighted by atomic mass is 35.5. The molecule has 2 rings (SSSR count). The molecule has 0 aromatic carbocycles. The van der Waals surface area contributed by atoms with E-state index in [1.807, 2.05) is 6.92 Å². The van der Waals surface area contributed by atoms with Crippen LogP contribution in [0.25, 0.3) is 0 Å². The van der Waals surface area contributed by atoms with Crippen molar-refractivity contribution in [1.29, 1.82) is 0 Å². The molecule has 72 valence electrons. The molecule has 4 heteroatoms. The normalized spacial score (nSPS) is 19.0. The summed E-state index contributed by atoms with van der Waals surface area (Å²) in [6.45, 7) is 1.90. The van der Waals surface area contributed by atoms with E-state index < -0.39 is 0 Å². The summed E-state index contributed by atoms with van der Waals surface area (Å²) in [6, 6.07) is 0. The number of hydrogen-bond acceptors (Lipinski definition) is 3. The van der Waals surface area contributed by atoms with Crippen LogP contribution in [-0.2, 0) is 6.42 Å². The fourth-order valence-corrected chi connectivity index (χ4v) is 1.69. The van der Waals surface area contributed by atoms with Crippen molar-refractivity contribution >= 4 is 11.6 Å². The van der Waals surface area contributed by atoms with Crippen LogP contribution < -0.4 is 5.73 Å². The molecular formula is C9H13ClN2O. The molecule has 0 atom stereocenters. The van der Waals surface area contributed by atoms with Crippen molar-refractivity contribution < 1.29 is 4.52 Å². The van der Waals surface area contributed by atoms with E-state index in [4.69, 9.17) is 21.9 Å². The molecule has 1 fully saturated rings. The van der Waals surface area contributed by atoms with Crippen LogP contribution >= 0.6 is 11.6 Å². The average Bonchev–Trinajstić information content (AvgIpc) is 2.72. The minimum absolute atomic E-state index is 0.0764. The van der Waals surface area contributed by atoms with Gasteiger partial charge in [-0.25, -0.2) is 0 Å². The van der Waals surface area contributed by atoms with E-state index in [2.05, 4.69) is 5.16 Å². The second-order valence-electron chi connectivity index (χ2n) is 3.88. The van der Waals surface area contributed by atoms with Crippen LogP contribution in [0.4, 0.5) is 0 Å². The Balaban J connectivity index is 2.00. The zero-order valence-corrected chi connectivity index (χ0v) is 8.40. The second kappa shape index (κ2) is 3.00. The van der Waals surface area contributed by atoms with Gasteiger partial charge in [-0.05, 0) is 44.2 Å². The van der Waals surface area contributed by atoms with Gasteiger partial charge >= 0.3 is 0 Å². The summed E-state index contributed by atoms with van der Waals surface area (Å²) >= 11 is 5.82. The molecule has 0 bridgehead atoms. The summed E-state index contributed by atoms with van der Waals surface area (Å²) in [7, 11) is 0. The third kappa shape index (κ3) is 1.86. The van der Waals surface area contributed by atoms with Gasteiger partial charge in [0, 0.05) is 11.1 Å². The Morgan fingerprint density at radius 3 is 2.77 bits per heavy atom. The van der Waals surface area contributed by atoms with E-state index in [0.717, 1.165) is 36.9 Å². The number of rotatable bonds is 3. The van der Waals surface area contributed by atoms with Crippen LogP contribution in [0.5, 0.6) is 0 Å². The summed E-state index contributed by atoms with van der Waals surface area (Å²) < 4.78 is 4.86. The van der Waals surface area contributed by atoms with Crippen LogP contribution in [0.3, 0.4) is 0 Å². The Morgan fingerprint density at radius 1 is 1.62 bits per heavy atom. The minimum Gasteiger partial charge on any atom is -0.344 e. The van der Waals surface area contributed by atoms with Gasteiger partial charge in [0.2, 0.25) is 5.22 Å². The van der Waals surface area contributed by atoms with Crippen LogP contribution in [0.2, 0.25) is 5.22 Å². The topological polar surface area (TPSA) is 52.0 Å². The van der Waals surface area contributed by atoms with Gasteiger partial charge in [-0.15, -0.1) is 0 Å². The van der Waals surface area contributed by atoms with E-state index in [-0.39, 0.29) is 5.54 Å². The number of nitrogens with two attached hydrogens (primary N) is 1. The van der Waals surface area contributed by atoms with Gasteiger partial charge in [-0.3, -0.25) is 0 Å². The predicted octanol–water partition coefficient (Wildman–Crippen LogP) is 2.06. The number of nitrogens with zero attached hydrogens (tertiary/aromatic N) is 1. The Hall–Kier alpha value is -0.540. The van der Waals surface area contributed by atoms with Gasteiger partial charge in [-0.2, -0.15) is 0 Å². The van der Waals surface area contributed by atoms with Gasteiger partial charge in [0.25, 0.3) is 0 Å². The first-order chi connectivity index (χ1) is 6.11. The monoisotopic (exact) mass is 200 g/mol. The van der Waals surface area contributed by atoms with Crippen molar-refractivity contribution in [2.45, 2.75) is 38.1 Å². The molecule has 3 nitrogen and oxygen atoms in total. The van der Waals surface area contributed by atoms with Crippen molar-refractivity contribution in [2.75, 3.05) is 0 Å². The molecule has 0 spiro atoms. The van der Waals surface area contributed by atoms with Gasteiger partial charge in [-0.1, -0.05) is 5.16 Å². The highest BCUT2D eigenvalue weighted by Gasteiger charge is 2.37. The van der Waals surface area contributed by atoms with Crippen molar-refractivity contribution in [3.8, 4) is 0 Å². The Labute approximate surface area is 82.2 Å². The highest BCUT2D eigenvalue weighted by Crippen LogP contribution is 2.37. The van der Waals surface area contributed by atoms with Gasteiger partial charge < -0.3 is 10.3 Å². The van der Waals surface area contributed by atoms with Crippen LogP contribution in [-0.4, -0.2) is 10.7 Å². The zero-order chi connectivity index (χ0) is 9.47. The molecular weight excluding hydrogens is 188 g/mol. The molecule has 13 heavy (non-hydrogen) atoms. The first-order valence-corrected chi connectivity index (χ1v) is 4.88. The van der Waals surface area contributed by atoms with Crippen molar-refractivity contribution in [2.24, 2.45) is 5.73 Å². The van der Waals surface area contributed by atoms with E-state index in [9.17, 15) is 0 Å². The van der Waals surface area contributed by atoms with E-state index in [1.165, 1.54) is 0 Å². The van der Waals surface area contributed by atoms with Crippen LogP contribution in [0.1, 0.15) is 30.5 Å². The highest BCUT2D eigenvalue weighted by molar-refractivity contribution is 6.29. The maximum absolute atomic E-state index is 5.97. The van der Waals surface area contributed by atoms with Gasteiger partial charge in [0.15, 0.2) is 0 Å². The fraction of sp³-hybridized carbons (Fsp3) is 0.667. The number of hydrogen-bond donors (Lipinski definition) is 1. The maximum Gasteiger partial charge on any atom is 0.229 e. The number of aromatic nitrogens is 1. The molecule has 1 aromatic heterocycles. The van der Waals surface area contributed by atoms with E-state index >= 15 is 0 Å². The Bertz CT molecular complexity index is 298. The summed E-state index contributed by atoms with van der Waals surface area (Å²) in [4.78, 5) is 0. The number of halogens is 1. The Morgan fingerprint density at radius 2 is 2.31 bits per heavy atom. The number of aryl methyl sites for hydroxylation is 1. The zero-order valence-electron chi connectivity index (χ0n) is 7.64. The summed E-state index contributed by atoms with van der Waals surface area (Å²) in [5, 5.41) is 4.21. The first-order valence-electron chi connectivity index (χ1n) is 4.50. The lowest BCUT2D eigenvalue weighted by atomic mass is 10.1. The SMILES string of the molecule is Cc1noc(Cl)c1CCC1(N)CC1. The third-order valence-electron chi connectivity index (χ3n) is 2.70. The maximum atomic E-state index is 5.97. The van der Waals surface area contributed by atoms with E-state index in [0.29, 0.717) is 5.22 Å². The smallest absolute Gasteiger partial charge is 0.229 e. The summed E-state index contributed by atoms with van der Waals surface area (Å²) in [5.74, 6) is 0. The lowest BCUT2D eigenvalue weighted by molar-refractivity contribution is 0.416. The molecule has 0 unspecified atom stereocenters. The van der Waals surface area contributed by atoms with E-state index in [1.54, 1.807) is 0 Å². The largest absolute Gasteiger partial charge is 0.344 e. The molecule has 0 amide bonds. The van der Waals surface area contributed by atoms with Crippen molar-refractivity contribution in [1.82, 2.24) is 5.16 Å². The minimum atomic E-state index is 0.0764. The van der Waals surface area contributed by atoms with Crippen molar-refractivity contribution in [3.05, 3.63) is 16.5 Å². The molecule has 1 heterocycles. The molecule has 1 aromatic rings. The quantitative estimate of drug-likeness (QED) is 0.813. The standard InChI is InChI=1S/C9H13ClN2O/c1-6-7(8(10)13-12-6)2-3-9(11)4-5-9/h2-5,11H2,1H3. The lowest BCUT2D eigenvalue weighted by Crippen LogP contribution is -2.22. The van der Waals surface area contributed by atoms with Gasteiger partial charge in [0.1, 0.15) is 0 Å². The predicted molar refractivity (Wildman–Crippen MR) is 50.7 cm³/mol. The summed E-state index contributed by atoms with van der Waals surface area (Å²) in [6.07, 6.45) is 4.13. The first kappa shape index (κ1) is 9.03. The second-order valence-corrected chi connectivity index (χ2v) is 4.23. The molecule has 1 saturated carbocycles. The van der Waals surface area contributed by atoms with Gasteiger partial charge in [0.05, 0.1) is 5.69 Å². The molecule has 2 N–H and O–H groups in total. The average molecular weight is 201 g/mol.